The minimum atomic E-state index is -0.639. The second-order valence-electron chi connectivity index (χ2n) is 7.06. The average molecular weight is 350 g/mol. The SMILES string of the molecule is COCCC1(NC(=O)c2ccc(C)o2)CCN(C(=O)C2(OC)CC2)C1. The van der Waals surface area contributed by atoms with Gasteiger partial charge in [0, 0.05) is 33.9 Å². The molecule has 1 saturated heterocycles. The van der Waals surface area contributed by atoms with E-state index in [1.165, 1.54) is 0 Å². The Hall–Kier alpha value is -1.86. The van der Waals surface area contributed by atoms with Crippen molar-refractivity contribution in [1.29, 1.82) is 0 Å². The molecule has 0 bridgehead atoms. The van der Waals surface area contributed by atoms with Gasteiger partial charge in [-0.15, -0.1) is 0 Å². The van der Waals surface area contributed by atoms with E-state index in [9.17, 15) is 9.59 Å². The number of ether oxygens (including phenoxy) is 2. The number of hydrogen-bond donors (Lipinski definition) is 1. The van der Waals surface area contributed by atoms with E-state index in [1.807, 2.05) is 0 Å². The molecule has 25 heavy (non-hydrogen) atoms. The van der Waals surface area contributed by atoms with Crippen molar-refractivity contribution in [2.45, 2.75) is 43.7 Å². The van der Waals surface area contributed by atoms with Crippen LogP contribution in [0.2, 0.25) is 0 Å². The lowest BCUT2D eigenvalue weighted by atomic mass is 9.94. The number of rotatable bonds is 7. The summed E-state index contributed by atoms with van der Waals surface area (Å²) >= 11 is 0. The topological polar surface area (TPSA) is 81.0 Å². The highest BCUT2D eigenvalue weighted by molar-refractivity contribution is 5.92. The zero-order valence-corrected chi connectivity index (χ0v) is 15.1. The van der Waals surface area contributed by atoms with Crippen molar-refractivity contribution in [3.8, 4) is 0 Å². The van der Waals surface area contributed by atoms with E-state index in [-0.39, 0.29) is 17.6 Å². The summed E-state index contributed by atoms with van der Waals surface area (Å²) in [6.07, 6.45) is 2.86. The molecule has 7 heteroatoms. The third-order valence-electron chi connectivity index (χ3n) is 5.25. The minimum Gasteiger partial charge on any atom is -0.456 e. The number of furan rings is 1. The van der Waals surface area contributed by atoms with Gasteiger partial charge in [-0.05, 0) is 44.7 Å². The van der Waals surface area contributed by atoms with Gasteiger partial charge >= 0.3 is 0 Å². The fourth-order valence-electron chi connectivity index (χ4n) is 3.48. The molecule has 2 fully saturated rings. The Morgan fingerprint density at radius 3 is 2.60 bits per heavy atom. The van der Waals surface area contributed by atoms with Crippen LogP contribution in [0.4, 0.5) is 0 Å². The Bertz CT molecular complexity index is 652. The highest BCUT2D eigenvalue weighted by Gasteiger charge is 2.55. The number of amides is 2. The van der Waals surface area contributed by atoms with Gasteiger partial charge in [-0.2, -0.15) is 0 Å². The van der Waals surface area contributed by atoms with E-state index < -0.39 is 11.1 Å². The molecule has 2 aliphatic rings. The van der Waals surface area contributed by atoms with Crippen molar-refractivity contribution in [3.05, 3.63) is 23.7 Å². The van der Waals surface area contributed by atoms with Gasteiger partial charge in [-0.3, -0.25) is 9.59 Å². The van der Waals surface area contributed by atoms with Gasteiger partial charge in [0.05, 0.1) is 5.54 Å². The summed E-state index contributed by atoms with van der Waals surface area (Å²) in [4.78, 5) is 27.1. The molecular weight excluding hydrogens is 324 g/mol. The average Bonchev–Trinajstić information content (AvgIpc) is 3.11. The summed E-state index contributed by atoms with van der Waals surface area (Å²) in [7, 11) is 3.22. The number of carbonyl (C=O) groups excluding carboxylic acids is 2. The number of carbonyl (C=O) groups is 2. The molecule has 2 amide bonds. The normalized spacial score (nSPS) is 24.4. The van der Waals surface area contributed by atoms with Gasteiger partial charge in [0.15, 0.2) is 5.76 Å². The molecule has 1 atom stereocenters. The first kappa shape index (κ1) is 17.9. The lowest BCUT2D eigenvalue weighted by molar-refractivity contribution is -0.143. The maximum absolute atomic E-state index is 12.7. The first-order valence-corrected chi connectivity index (χ1v) is 8.66. The van der Waals surface area contributed by atoms with E-state index >= 15 is 0 Å². The largest absolute Gasteiger partial charge is 0.456 e. The number of methoxy groups -OCH3 is 2. The first-order valence-electron chi connectivity index (χ1n) is 8.66. The number of hydrogen-bond acceptors (Lipinski definition) is 5. The molecular formula is C18H26N2O5. The Morgan fingerprint density at radius 2 is 2.04 bits per heavy atom. The molecule has 1 aromatic heterocycles. The Balaban J connectivity index is 1.71. The number of nitrogens with zero attached hydrogens (tertiary/aromatic N) is 1. The van der Waals surface area contributed by atoms with Crippen LogP contribution < -0.4 is 5.32 Å². The van der Waals surface area contributed by atoms with Crippen LogP contribution >= 0.6 is 0 Å². The molecule has 138 valence electrons. The van der Waals surface area contributed by atoms with Gasteiger partial charge in [-0.1, -0.05) is 0 Å². The third kappa shape index (κ3) is 3.57. The molecule has 0 radical (unpaired) electrons. The predicted octanol–water partition coefficient (Wildman–Crippen LogP) is 1.50. The summed E-state index contributed by atoms with van der Waals surface area (Å²) in [5, 5.41) is 3.08. The maximum atomic E-state index is 12.7. The molecule has 0 aromatic carbocycles. The van der Waals surface area contributed by atoms with Crippen LogP contribution in [0.25, 0.3) is 0 Å². The van der Waals surface area contributed by atoms with Crippen LogP contribution in [-0.2, 0) is 14.3 Å². The van der Waals surface area contributed by atoms with E-state index in [1.54, 1.807) is 38.2 Å². The predicted molar refractivity (Wildman–Crippen MR) is 90.3 cm³/mol. The number of likely N-dealkylation sites (tertiary alicyclic amines) is 1. The van der Waals surface area contributed by atoms with E-state index in [0.29, 0.717) is 38.3 Å². The lowest BCUT2D eigenvalue weighted by Crippen LogP contribution is -2.52. The molecule has 1 saturated carbocycles. The van der Waals surface area contributed by atoms with Crippen LogP contribution in [0, 0.1) is 6.92 Å². The van der Waals surface area contributed by atoms with E-state index in [4.69, 9.17) is 13.9 Å². The first-order chi connectivity index (χ1) is 11.9. The van der Waals surface area contributed by atoms with Crippen molar-refractivity contribution in [2.24, 2.45) is 0 Å². The maximum Gasteiger partial charge on any atom is 0.287 e. The summed E-state index contributed by atoms with van der Waals surface area (Å²) in [6, 6.07) is 3.42. The second kappa shape index (κ2) is 6.80. The fraction of sp³-hybridized carbons (Fsp3) is 0.667. The lowest BCUT2D eigenvalue weighted by Gasteiger charge is -2.31. The molecule has 2 heterocycles. The molecule has 1 aromatic rings. The summed E-state index contributed by atoms with van der Waals surface area (Å²) in [5.41, 5.74) is -1.15. The fourth-order valence-corrected chi connectivity index (χ4v) is 3.48. The molecule has 3 rings (SSSR count). The Kier molecular flexibility index (Phi) is 4.88. The zero-order chi connectivity index (χ0) is 18.1. The van der Waals surface area contributed by atoms with Crippen LogP contribution in [-0.4, -0.2) is 61.8 Å². The van der Waals surface area contributed by atoms with Gasteiger partial charge in [0.2, 0.25) is 0 Å². The molecule has 1 unspecified atom stereocenters. The van der Waals surface area contributed by atoms with Crippen molar-refractivity contribution in [1.82, 2.24) is 10.2 Å². The Labute approximate surface area is 147 Å². The molecule has 1 N–H and O–H groups in total. The monoisotopic (exact) mass is 350 g/mol. The highest BCUT2D eigenvalue weighted by atomic mass is 16.5. The minimum absolute atomic E-state index is 0.0254. The van der Waals surface area contributed by atoms with Gasteiger partial charge in [0.25, 0.3) is 11.8 Å². The zero-order valence-electron chi connectivity index (χ0n) is 15.1. The molecule has 1 aliphatic heterocycles. The molecule has 7 nitrogen and oxygen atoms in total. The van der Waals surface area contributed by atoms with Crippen LogP contribution in [0.1, 0.15) is 42.0 Å². The van der Waals surface area contributed by atoms with Crippen LogP contribution in [0.15, 0.2) is 16.5 Å². The summed E-state index contributed by atoms with van der Waals surface area (Å²) in [6.45, 7) is 3.37. The third-order valence-corrected chi connectivity index (χ3v) is 5.25. The van der Waals surface area contributed by atoms with Gasteiger partial charge in [-0.25, -0.2) is 0 Å². The molecule has 0 spiro atoms. The van der Waals surface area contributed by atoms with Crippen LogP contribution in [0.3, 0.4) is 0 Å². The van der Waals surface area contributed by atoms with Gasteiger partial charge < -0.3 is 24.1 Å². The van der Waals surface area contributed by atoms with E-state index in [0.717, 1.165) is 12.8 Å². The smallest absolute Gasteiger partial charge is 0.287 e. The summed E-state index contributed by atoms with van der Waals surface area (Å²) in [5.74, 6) is 0.744. The highest BCUT2D eigenvalue weighted by Crippen LogP contribution is 2.42. The number of aryl methyl sites for hydroxylation is 1. The van der Waals surface area contributed by atoms with Crippen molar-refractivity contribution in [3.63, 3.8) is 0 Å². The number of nitrogens with one attached hydrogen (secondary N) is 1. The standard InChI is InChI=1S/C18H26N2O5/c1-13-4-5-14(25-13)15(21)19-17(9-11-23-2)8-10-20(12-17)16(22)18(24-3)6-7-18/h4-5H,6-12H2,1-3H3,(H,19,21). The molecule has 1 aliphatic carbocycles. The van der Waals surface area contributed by atoms with E-state index in [2.05, 4.69) is 5.32 Å². The summed E-state index contributed by atoms with van der Waals surface area (Å²) < 4.78 is 16.0. The van der Waals surface area contributed by atoms with Gasteiger partial charge in [0.1, 0.15) is 11.4 Å². The van der Waals surface area contributed by atoms with Crippen molar-refractivity contribution >= 4 is 11.8 Å². The van der Waals surface area contributed by atoms with Crippen molar-refractivity contribution < 1.29 is 23.5 Å². The second-order valence-corrected chi connectivity index (χ2v) is 7.06. The Morgan fingerprint density at radius 1 is 1.28 bits per heavy atom. The van der Waals surface area contributed by atoms with Crippen molar-refractivity contribution in [2.75, 3.05) is 33.9 Å². The quantitative estimate of drug-likeness (QED) is 0.806. The van der Waals surface area contributed by atoms with Crippen LogP contribution in [0.5, 0.6) is 0 Å².